The van der Waals surface area contributed by atoms with E-state index < -0.39 is 0 Å². The summed E-state index contributed by atoms with van der Waals surface area (Å²) in [5.74, 6) is 1.23. The topological polar surface area (TPSA) is 30.9 Å². The highest BCUT2D eigenvalue weighted by Crippen LogP contribution is 2.46. The molecule has 3 aliphatic rings. The smallest absolute Gasteiger partial charge is 0.161 e. The molecule has 2 saturated heterocycles. The van der Waals surface area contributed by atoms with Gasteiger partial charge in [-0.1, -0.05) is 66.7 Å². The fraction of sp³-hybridized carbons (Fsp3) is 0.471. The van der Waals surface area contributed by atoms with Gasteiger partial charge in [0.05, 0.1) is 12.2 Å². The fourth-order valence-corrected chi connectivity index (χ4v) is 7.27. The average Bonchev–Trinajstić information content (AvgIpc) is 2.99. The minimum absolute atomic E-state index is 0.0215. The SMILES string of the molecule is COC(OC)C1CCC2(CCN(c3ccc(C4c5ccccc5CCC4c4ccccc4)cc3)CC2)OC1. The lowest BCUT2D eigenvalue weighted by atomic mass is 9.69. The Kier molecular flexibility index (Phi) is 7.56. The van der Waals surface area contributed by atoms with E-state index in [2.05, 4.69) is 83.8 Å². The number of fused-ring (bicyclic) bond motifs is 1. The van der Waals surface area contributed by atoms with Crippen molar-refractivity contribution in [3.63, 3.8) is 0 Å². The quantitative estimate of drug-likeness (QED) is 0.336. The van der Waals surface area contributed by atoms with Gasteiger partial charge in [-0.3, -0.25) is 0 Å². The lowest BCUT2D eigenvalue weighted by Crippen LogP contribution is -2.50. The van der Waals surface area contributed by atoms with Crippen LogP contribution in [0.4, 0.5) is 5.69 Å². The first-order valence-electron chi connectivity index (χ1n) is 14.4. The Bertz CT molecular complexity index is 1170. The van der Waals surface area contributed by atoms with Gasteiger partial charge < -0.3 is 19.1 Å². The van der Waals surface area contributed by atoms with Crippen LogP contribution in [0.15, 0.2) is 78.9 Å². The molecule has 200 valence electrons. The Labute approximate surface area is 227 Å². The first-order valence-corrected chi connectivity index (χ1v) is 14.4. The van der Waals surface area contributed by atoms with E-state index in [4.69, 9.17) is 14.2 Å². The highest BCUT2D eigenvalue weighted by Gasteiger charge is 2.41. The second-order valence-electron chi connectivity index (χ2n) is 11.4. The molecule has 1 spiro atoms. The summed E-state index contributed by atoms with van der Waals surface area (Å²) in [4.78, 5) is 2.54. The average molecular weight is 512 g/mol. The lowest BCUT2D eigenvalue weighted by molar-refractivity contribution is -0.195. The number of nitrogens with zero attached hydrogens (tertiary/aromatic N) is 1. The van der Waals surface area contributed by atoms with Crippen LogP contribution < -0.4 is 4.90 Å². The van der Waals surface area contributed by atoms with E-state index in [1.54, 1.807) is 14.2 Å². The van der Waals surface area contributed by atoms with Crippen LogP contribution in [0.2, 0.25) is 0 Å². The zero-order valence-corrected chi connectivity index (χ0v) is 22.9. The van der Waals surface area contributed by atoms with Crippen LogP contribution in [0, 0.1) is 5.92 Å². The summed E-state index contributed by atoms with van der Waals surface area (Å²) >= 11 is 0. The summed E-state index contributed by atoms with van der Waals surface area (Å²) < 4.78 is 17.5. The lowest BCUT2D eigenvalue weighted by Gasteiger charge is -2.47. The Morgan fingerprint density at radius 1 is 0.789 bits per heavy atom. The fourth-order valence-electron chi connectivity index (χ4n) is 7.27. The molecule has 4 heteroatoms. The summed E-state index contributed by atoms with van der Waals surface area (Å²) in [6, 6.07) is 29.7. The molecule has 2 aliphatic heterocycles. The molecule has 2 heterocycles. The number of piperidine rings is 1. The largest absolute Gasteiger partial charge is 0.374 e. The van der Waals surface area contributed by atoms with Crippen LogP contribution in [0.3, 0.4) is 0 Å². The number of rotatable bonds is 6. The van der Waals surface area contributed by atoms with Gasteiger partial charge in [0.15, 0.2) is 6.29 Å². The van der Waals surface area contributed by atoms with Crippen molar-refractivity contribution in [1.29, 1.82) is 0 Å². The van der Waals surface area contributed by atoms with Crippen LogP contribution in [-0.4, -0.2) is 45.8 Å². The molecule has 3 unspecified atom stereocenters. The second kappa shape index (κ2) is 11.2. The molecule has 0 bridgehead atoms. The number of hydrogen-bond donors (Lipinski definition) is 0. The van der Waals surface area contributed by atoms with Crippen molar-refractivity contribution in [2.24, 2.45) is 5.92 Å². The third kappa shape index (κ3) is 5.02. The standard InChI is InChI=1S/C34H41NO3/c1-36-33(37-2)28-18-19-34(38-24-28)20-22-35(23-21-34)29-15-12-27(13-16-29)32-30-11-7-6-10-26(30)14-17-31(32)25-8-4-3-5-9-25/h3-13,15-16,28,31-33H,14,17-24H2,1-2H3. The number of anilines is 1. The minimum Gasteiger partial charge on any atom is -0.374 e. The van der Waals surface area contributed by atoms with Gasteiger partial charge in [0.1, 0.15) is 0 Å². The molecule has 3 aromatic rings. The molecule has 0 radical (unpaired) electrons. The maximum atomic E-state index is 6.49. The van der Waals surface area contributed by atoms with E-state index in [0.29, 0.717) is 17.8 Å². The highest BCUT2D eigenvalue weighted by molar-refractivity contribution is 5.52. The molecule has 0 amide bonds. The van der Waals surface area contributed by atoms with Gasteiger partial charge in [-0.2, -0.15) is 0 Å². The minimum atomic E-state index is -0.163. The van der Waals surface area contributed by atoms with Crippen LogP contribution in [0.1, 0.15) is 66.2 Å². The highest BCUT2D eigenvalue weighted by atomic mass is 16.7. The third-order valence-electron chi connectivity index (χ3n) is 9.46. The zero-order valence-electron chi connectivity index (χ0n) is 22.9. The summed E-state index contributed by atoms with van der Waals surface area (Å²) in [7, 11) is 3.44. The predicted molar refractivity (Wildman–Crippen MR) is 153 cm³/mol. The van der Waals surface area contributed by atoms with Crippen LogP contribution >= 0.6 is 0 Å². The van der Waals surface area contributed by atoms with Crippen molar-refractivity contribution < 1.29 is 14.2 Å². The summed E-state index contributed by atoms with van der Waals surface area (Å²) in [5, 5.41) is 0. The van der Waals surface area contributed by atoms with Crippen LogP contribution in [-0.2, 0) is 20.6 Å². The van der Waals surface area contributed by atoms with Gasteiger partial charge in [0.2, 0.25) is 0 Å². The number of ether oxygens (including phenoxy) is 3. The van der Waals surface area contributed by atoms with Crippen molar-refractivity contribution in [3.05, 3.63) is 101 Å². The first kappa shape index (κ1) is 25.6. The van der Waals surface area contributed by atoms with Crippen molar-refractivity contribution in [2.75, 3.05) is 38.8 Å². The summed E-state index contributed by atoms with van der Waals surface area (Å²) in [5.41, 5.74) is 7.24. The maximum Gasteiger partial charge on any atom is 0.161 e. The van der Waals surface area contributed by atoms with Crippen molar-refractivity contribution >= 4 is 5.69 Å². The van der Waals surface area contributed by atoms with E-state index in [9.17, 15) is 0 Å². The van der Waals surface area contributed by atoms with Gasteiger partial charge in [-0.05, 0) is 78.8 Å². The summed E-state index contributed by atoms with van der Waals surface area (Å²) in [6.45, 7) is 2.81. The van der Waals surface area contributed by atoms with Crippen LogP contribution in [0.25, 0.3) is 0 Å². The van der Waals surface area contributed by atoms with Gasteiger partial charge >= 0.3 is 0 Å². The van der Waals surface area contributed by atoms with E-state index in [0.717, 1.165) is 51.8 Å². The van der Waals surface area contributed by atoms with E-state index in [1.807, 2.05) is 0 Å². The Morgan fingerprint density at radius 3 is 2.18 bits per heavy atom. The molecule has 1 aliphatic carbocycles. The number of benzene rings is 3. The monoisotopic (exact) mass is 511 g/mol. The van der Waals surface area contributed by atoms with Gasteiger partial charge in [0.25, 0.3) is 0 Å². The molecule has 3 aromatic carbocycles. The molecule has 6 rings (SSSR count). The normalized spacial score (nSPS) is 24.9. The Morgan fingerprint density at radius 2 is 1.50 bits per heavy atom. The molecule has 2 fully saturated rings. The zero-order chi connectivity index (χ0) is 26.0. The van der Waals surface area contributed by atoms with Crippen LogP contribution in [0.5, 0.6) is 0 Å². The molecule has 0 aromatic heterocycles. The molecule has 3 atom stereocenters. The summed E-state index contributed by atoms with van der Waals surface area (Å²) in [6.07, 6.45) is 6.54. The van der Waals surface area contributed by atoms with E-state index >= 15 is 0 Å². The van der Waals surface area contributed by atoms with Gasteiger partial charge in [0, 0.05) is 44.8 Å². The molecule has 38 heavy (non-hydrogen) atoms. The van der Waals surface area contributed by atoms with Gasteiger partial charge in [-0.25, -0.2) is 0 Å². The molecule has 0 N–H and O–H groups in total. The van der Waals surface area contributed by atoms with E-state index in [1.165, 1.54) is 34.4 Å². The second-order valence-corrected chi connectivity index (χ2v) is 11.4. The van der Waals surface area contributed by atoms with Gasteiger partial charge in [-0.15, -0.1) is 0 Å². The Hall–Kier alpha value is -2.66. The van der Waals surface area contributed by atoms with E-state index in [-0.39, 0.29) is 11.9 Å². The van der Waals surface area contributed by atoms with Crippen molar-refractivity contribution in [2.45, 2.75) is 62.3 Å². The molecule has 4 nitrogen and oxygen atoms in total. The number of methoxy groups -OCH3 is 2. The third-order valence-corrected chi connectivity index (χ3v) is 9.46. The first-order chi connectivity index (χ1) is 18.7. The Balaban J connectivity index is 1.15. The number of aryl methyl sites for hydroxylation is 1. The maximum absolute atomic E-state index is 6.49. The molecular weight excluding hydrogens is 470 g/mol. The predicted octanol–water partition coefficient (Wildman–Crippen LogP) is 6.93. The van der Waals surface area contributed by atoms with Crippen molar-refractivity contribution in [3.8, 4) is 0 Å². The van der Waals surface area contributed by atoms with Crippen molar-refractivity contribution in [1.82, 2.24) is 0 Å². The molecular formula is C34H41NO3. The number of hydrogen-bond acceptors (Lipinski definition) is 4. The molecule has 0 saturated carbocycles.